The second-order valence-corrected chi connectivity index (χ2v) is 4.09. The molecule has 0 aromatic carbocycles. The van der Waals surface area contributed by atoms with Crippen molar-refractivity contribution in [3.63, 3.8) is 0 Å². The summed E-state index contributed by atoms with van der Waals surface area (Å²) in [5, 5.41) is 0. The zero-order chi connectivity index (χ0) is 11.2. The molecule has 14 heavy (non-hydrogen) atoms. The minimum atomic E-state index is -4.55. The molecule has 0 saturated heterocycles. The van der Waals surface area contributed by atoms with Crippen molar-refractivity contribution < 1.29 is 22.1 Å². The van der Waals surface area contributed by atoms with Gasteiger partial charge >= 0.3 is 16.1 Å². The molecule has 5 nitrogen and oxygen atoms in total. The molecular weight excluding hydrogens is 232 g/mol. The van der Waals surface area contributed by atoms with Gasteiger partial charge in [0.25, 0.3) is 0 Å². The quantitative estimate of drug-likeness (QED) is 0.450. The van der Waals surface area contributed by atoms with Gasteiger partial charge in [0.2, 0.25) is 0 Å². The summed E-state index contributed by atoms with van der Waals surface area (Å²) in [4.78, 5) is 9.97. The normalized spacial score (nSPS) is 12.6. The fraction of sp³-hybridized carbons (Fsp3) is 0.571. The highest BCUT2D eigenvalue weighted by atomic mass is 35.5. The van der Waals surface area contributed by atoms with Crippen LogP contribution >= 0.6 is 11.9 Å². The number of unbranched alkanes of at least 4 members (excludes halogenated alkanes) is 2. The first-order valence-corrected chi connectivity index (χ1v) is 5.69. The predicted molar refractivity (Wildman–Crippen MR) is 51.1 cm³/mol. The van der Waals surface area contributed by atoms with Crippen molar-refractivity contribution in [1.82, 2.24) is 0 Å². The Morgan fingerprint density at radius 1 is 1.57 bits per heavy atom. The maximum absolute atomic E-state index is 10.8. The molecule has 0 amide bonds. The van der Waals surface area contributed by atoms with Crippen molar-refractivity contribution in [1.29, 1.82) is 0 Å². The Hall–Kier alpha value is -0.590. The highest BCUT2D eigenvalue weighted by molar-refractivity contribution is 7.90. The van der Waals surface area contributed by atoms with E-state index in [0.29, 0.717) is 12.8 Å². The van der Waals surface area contributed by atoms with E-state index in [0.717, 1.165) is 12.5 Å². The van der Waals surface area contributed by atoms with E-state index in [1.165, 1.54) is 0 Å². The molecule has 0 aliphatic rings. The van der Waals surface area contributed by atoms with Crippen LogP contribution in [0.3, 0.4) is 0 Å². The van der Waals surface area contributed by atoms with Gasteiger partial charge in [0, 0.05) is 0 Å². The molecule has 0 spiro atoms. The van der Waals surface area contributed by atoms with Crippen LogP contribution in [0, 0.1) is 0 Å². The summed E-state index contributed by atoms with van der Waals surface area (Å²) in [6.07, 6.45) is 2.99. The molecular formula is C7H11ClO5S. The Labute approximate surface area is 87.6 Å². The van der Waals surface area contributed by atoms with Crippen LogP contribution in [0.5, 0.6) is 0 Å². The third-order valence-electron chi connectivity index (χ3n) is 1.44. The third-order valence-corrected chi connectivity index (χ3v) is 2.47. The summed E-state index contributed by atoms with van der Waals surface area (Å²) in [7, 11) is -4.55. The largest absolute Gasteiger partial charge is 0.369 e. The molecule has 0 radical (unpaired) electrons. The lowest BCUT2D eigenvalue weighted by atomic mass is 10.2. The molecule has 82 valence electrons. The maximum Gasteiger partial charge on any atom is 0.369 e. The van der Waals surface area contributed by atoms with Gasteiger partial charge in [0.1, 0.15) is 11.9 Å². The van der Waals surface area contributed by atoms with Crippen molar-refractivity contribution in [2.75, 3.05) is 0 Å². The van der Waals surface area contributed by atoms with Crippen molar-refractivity contribution in [2.24, 2.45) is 0 Å². The number of halogens is 1. The molecule has 0 aromatic rings. The number of carbonyl (C=O) groups is 1. The van der Waals surface area contributed by atoms with Gasteiger partial charge in [-0.25, -0.2) is 4.79 Å². The lowest BCUT2D eigenvalue weighted by Crippen LogP contribution is -2.12. The van der Waals surface area contributed by atoms with Crippen LogP contribution in [0.15, 0.2) is 11.0 Å². The number of rotatable bonds is 5. The Morgan fingerprint density at radius 2 is 2.14 bits per heavy atom. The SMILES string of the molecule is CCCCC=C(C(=O)OCl)S(=O)(=O)O. The van der Waals surface area contributed by atoms with Gasteiger partial charge in [-0.3, -0.25) is 4.55 Å². The molecule has 0 aromatic heterocycles. The van der Waals surface area contributed by atoms with Crippen LogP contribution in [0.2, 0.25) is 0 Å². The van der Waals surface area contributed by atoms with Gasteiger partial charge in [-0.2, -0.15) is 8.42 Å². The third kappa shape index (κ3) is 4.59. The Morgan fingerprint density at radius 3 is 2.50 bits per heavy atom. The topological polar surface area (TPSA) is 80.7 Å². The second-order valence-electron chi connectivity index (χ2n) is 2.55. The standard InChI is InChI=1S/C7H11ClO5S/c1-2-3-4-5-6(7(9)13-8)14(10,11)12/h5H,2-4H2,1H3,(H,10,11,12). The maximum atomic E-state index is 10.8. The first-order valence-electron chi connectivity index (χ1n) is 3.94. The van der Waals surface area contributed by atoms with Gasteiger partial charge in [-0.1, -0.05) is 25.8 Å². The van der Waals surface area contributed by atoms with Crippen LogP contribution < -0.4 is 0 Å². The van der Waals surface area contributed by atoms with Crippen LogP contribution in [0.4, 0.5) is 0 Å². The van der Waals surface area contributed by atoms with Crippen LogP contribution in [-0.2, 0) is 19.2 Å². The highest BCUT2D eigenvalue weighted by Crippen LogP contribution is 2.10. The van der Waals surface area contributed by atoms with Gasteiger partial charge in [0.05, 0.1) is 0 Å². The molecule has 0 aliphatic heterocycles. The zero-order valence-corrected chi connectivity index (χ0v) is 9.14. The van der Waals surface area contributed by atoms with E-state index in [1.54, 1.807) is 0 Å². The lowest BCUT2D eigenvalue weighted by molar-refractivity contribution is -0.129. The van der Waals surface area contributed by atoms with Crippen molar-refractivity contribution >= 4 is 28.0 Å². The Bertz CT molecular complexity index is 319. The fourth-order valence-corrected chi connectivity index (χ4v) is 1.48. The lowest BCUT2D eigenvalue weighted by Gasteiger charge is -1.99. The van der Waals surface area contributed by atoms with Gasteiger partial charge in [-0.05, 0) is 6.42 Å². The van der Waals surface area contributed by atoms with E-state index in [2.05, 4.69) is 4.29 Å². The minimum absolute atomic E-state index is 0.359. The monoisotopic (exact) mass is 242 g/mol. The molecule has 0 fully saturated rings. The molecule has 0 heterocycles. The summed E-state index contributed by atoms with van der Waals surface area (Å²) >= 11 is 4.70. The second kappa shape index (κ2) is 6.00. The molecule has 0 unspecified atom stereocenters. The van der Waals surface area contributed by atoms with E-state index in [9.17, 15) is 13.2 Å². The Balaban J connectivity index is 4.74. The van der Waals surface area contributed by atoms with Crippen LogP contribution in [0.1, 0.15) is 26.2 Å². The molecule has 0 saturated carbocycles. The molecule has 1 N–H and O–H groups in total. The highest BCUT2D eigenvalue weighted by Gasteiger charge is 2.23. The van der Waals surface area contributed by atoms with Gasteiger partial charge in [-0.15, -0.1) is 0 Å². The van der Waals surface area contributed by atoms with Crippen molar-refractivity contribution in [2.45, 2.75) is 26.2 Å². The van der Waals surface area contributed by atoms with Crippen LogP contribution in [-0.4, -0.2) is 18.9 Å². The summed E-state index contributed by atoms with van der Waals surface area (Å²) in [6, 6.07) is 0. The van der Waals surface area contributed by atoms with E-state index < -0.39 is 21.0 Å². The molecule has 0 atom stereocenters. The number of hydrogen-bond acceptors (Lipinski definition) is 4. The van der Waals surface area contributed by atoms with Gasteiger partial charge < -0.3 is 4.29 Å². The molecule has 7 heteroatoms. The van der Waals surface area contributed by atoms with E-state index in [1.807, 2.05) is 6.92 Å². The smallest absolute Gasteiger partial charge is 0.342 e. The molecule has 0 rings (SSSR count). The summed E-state index contributed by atoms with van der Waals surface area (Å²) in [6.45, 7) is 1.90. The van der Waals surface area contributed by atoms with Crippen LogP contribution in [0.25, 0.3) is 0 Å². The fourth-order valence-electron chi connectivity index (χ4n) is 0.769. The van der Waals surface area contributed by atoms with Crippen molar-refractivity contribution in [3.05, 3.63) is 11.0 Å². The average Bonchev–Trinajstić information content (AvgIpc) is 2.09. The molecule has 0 aliphatic carbocycles. The molecule has 0 bridgehead atoms. The summed E-state index contributed by atoms with van der Waals surface area (Å²) in [5.41, 5.74) is 0. The summed E-state index contributed by atoms with van der Waals surface area (Å²) in [5.74, 6) is -1.27. The minimum Gasteiger partial charge on any atom is -0.342 e. The number of carbonyl (C=O) groups excluding carboxylic acids is 1. The average molecular weight is 243 g/mol. The van der Waals surface area contributed by atoms with E-state index in [4.69, 9.17) is 16.4 Å². The van der Waals surface area contributed by atoms with Crippen molar-refractivity contribution in [3.8, 4) is 0 Å². The zero-order valence-electron chi connectivity index (χ0n) is 7.57. The van der Waals surface area contributed by atoms with E-state index in [-0.39, 0.29) is 0 Å². The van der Waals surface area contributed by atoms with E-state index >= 15 is 0 Å². The predicted octanol–water partition coefficient (Wildman–Crippen LogP) is 1.65. The first kappa shape index (κ1) is 13.4. The number of allylic oxidation sites excluding steroid dienone is 1. The van der Waals surface area contributed by atoms with Gasteiger partial charge in [0.15, 0.2) is 4.91 Å². The Kier molecular flexibility index (Phi) is 5.75. The first-order chi connectivity index (χ1) is 6.43. The number of hydrogen-bond donors (Lipinski definition) is 1. The summed E-state index contributed by atoms with van der Waals surface area (Å²) < 4.78 is 33.6.